The van der Waals surface area contributed by atoms with Crippen LogP contribution in [-0.4, -0.2) is 46.5 Å². The number of likely N-dealkylation sites (N-methyl/N-ethyl adjacent to an activating group) is 1. The number of nitrogens with two attached hydrogens (primary N) is 1. The van der Waals surface area contributed by atoms with Gasteiger partial charge in [-0.2, -0.15) is 0 Å². The summed E-state index contributed by atoms with van der Waals surface area (Å²) in [6, 6.07) is 4.08. The Labute approximate surface area is 124 Å². The number of amides is 1. The minimum Gasteiger partial charge on any atom is -0.389 e. The number of thiocarbonyl (C=S) groups is 1. The molecule has 1 saturated carbocycles. The van der Waals surface area contributed by atoms with Gasteiger partial charge in [-0.1, -0.05) is 19.1 Å². The van der Waals surface area contributed by atoms with E-state index in [1.165, 1.54) is 19.0 Å². The summed E-state index contributed by atoms with van der Waals surface area (Å²) in [6.07, 6.45) is 4.09. The summed E-state index contributed by atoms with van der Waals surface area (Å²) < 4.78 is 0. The van der Waals surface area contributed by atoms with Gasteiger partial charge in [-0.05, 0) is 31.5 Å². The van der Waals surface area contributed by atoms with Gasteiger partial charge in [-0.15, -0.1) is 0 Å². The van der Waals surface area contributed by atoms with Crippen LogP contribution in [0.5, 0.6) is 0 Å². The molecule has 20 heavy (non-hydrogen) atoms. The van der Waals surface area contributed by atoms with E-state index in [0.29, 0.717) is 17.8 Å². The van der Waals surface area contributed by atoms with Crippen molar-refractivity contribution in [2.75, 3.05) is 19.6 Å². The van der Waals surface area contributed by atoms with E-state index in [4.69, 9.17) is 18.0 Å². The second-order valence-electron chi connectivity index (χ2n) is 4.91. The molecule has 0 radical (unpaired) electrons. The Morgan fingerprint density at radius 1 is 1.55 bits per heavy atom. The molecule has 1 aromatic heterocycles. The average Bonchev–Trinajstić information content (AvgIpc) is 3.28. The fraction of sp³-hybridized carbons (Fsp3) is 0.500. The smallest absolute Gasteiger partial charge is 0.269 e. The van der Waals surface area contributed by atoms with Crippen molar-refractivity contribution < 1.29 is 4.79 Å². The number of carbonyl (C=O) groups is 1. The Balaban J connectivity index is 1.80. The summed E-state index contributed by atoms with van der Waals surface area (Å²) in [5.74, 6) is -0.161. The molecule has 0 unspecified atom stereocenters. The van der Waals surface area contributed by atoms with Crippen molar-refractivity contribution in [1.29, 1.82) is 0 Å². The maximum absolute atomic E-state index is 11.9. The van der Waals surface area contributed by atoms with Crippen molar-refractivity contribution in [3.05, 3.63) is 29.6 Å². The molecule has 108 valence electrons. The van der Waals surface area contributed by atoms with E-state index in [1.807, 2.05) is 0 Å². The molecule has 6 heteroatoms. The zero-order valence-electron chi connectivity index (χ0n) is 11.6. The van der Waals surface area contributed by atoms with Gasteiger partial charge in [0.2, 0.25) is 0 Å². The SMILES string of the molecule is CCN(CCNC(=O)c1ccc(C(N)=S)cn1)C1CC1. The third-order valence-corrected chi connectivity index (χ3v) is 3.67. The van der Waals surface area contributed by atoms with Crippen molar-refractivity contribution in [2.45, 2.75) is 25.8 Å². The molecule has 1 fully saturated rings. The largest absolute Gasteiger partial charge is 0.389 e. The van der Waals surface area contributed by atoms with E-state index in [9.17, 15) is 4.79 Å². The minimum absolute atomic E-state index is 0.161. The van der Waals surface area contributed by atoms with E-state index in [2.05, 4.69) is 22.1 Å². The van der Waals surface area contributed by atoms with Gasteiger partial charge in [0, 0.05) is 30.9 Å². The molecule has 0 bridgehead atoms. The molecule has 1 aliphatic rings. The molecule has 1 amide bonds. The van der Waals surface area contributed by atoms with Crippen LogP contribution in [0.2, 0.25) is 0 Å². The van der Waals surface area contributed by atoms with Crippen molar-refractivity contribution >= 4 is 23.1 Å². The zero-order valence-corrected chi connectivity index (χ0v) is 12.4. The van der Waals surface area contributed by atoms with Gasteiger partial charge in [0.25, 0.3) is 5.91 Å². The quantitative estimate of drug-likeness (QED) is 0.732. The van der Waals surface area contributed by atoms with Gasteiger partial charge in [0.05, 0.1) is 0 Å². The van der Waals surface area contributed by atoms with E-state index in [0.717, 1.165) is 19.1 Å². The molecule has 0 aliphatic heterocycles. The van der Waals surface area contributed by atoms with Gasteiger partial charge >= 0.3 is 0 Å². The average molecular weight is 292 g/mol. The Hall–Kier alpha value is -1.53. The lowest BCUT2D eigenvalue weighted by molar-refractivity contribution is 0.0943. The van der Waals surface area contributed by atoms with Gasteiger partial charge < -0.3 is 11.1 Å². The Morgan fingerprint density at radius 3 is 2.80 bits per heavy atom. The molecule has 0 saturated heterocycles. The number of pyridine rings is 1. The number of rotatable bonds is 7. The van der Waals surface area contributed by atoms with Crippen molar-refractivity contribution in [3.8, 4) is 0 Å². The lowest BCUT2D eigenvalue weighted by Gasteiger charge is -2.19. The Morgan fingerprint density at radius 2 is 2.30 bits per heavy atom. The number of aromatic nitrogens is 1. The molecule has 1 aliphatic carbocycles. The molecule has 1 aromatic rings. The summed E-state index contributed by atoms with van der Waals surface area (Å²) >= 11 is 4.84. The number of nitrogens with zero attached hydrogens (tertiary/aromatic N) is 2. The number of hydrogen-bond acceptors (Lipinski definition) is 4. The maximum atomic E-state index is 11.9. The predicted molar refractivity (Wildman–Crippen MR) is 82.7 cm³/mol. The van der Waals surface area contributed by atoms with Gasteiger partial charge in [0.1, 0.15) is 10.7 Å². The van der Waals surface area contributed by atoms with Gasteiger partial charge in [-0.3, -0.25) is 14.7 Å². The lowest BCUT2D eigenvalue weighted by Crippen LogP contribution is -2.36. The highest BCUT2D eigenvalue weighted by molar-refractivity contribution is 7.80. The second-order valence-corrected chi connectivity index (χ2v) is 5.35. The second kappa shape index (κ2) is 6.76. The van der Waals surface area contributed by atoms with Crippen molar-refractivity contribution in [1.82, 2.24) is 15.2 Å². The highest BCUT2D eigenvalue weighted by Crippen LogP contribution is 2.25. The maximum Gasteiger partial charge on any atom is 0.269 e. The van der Waals surface area contributed by atoms with Crippen LogP contribution in [0.1, 0.15) is 35.8 Å². The summed E-state index contributed by atoms with van der Waals surface area (Å²) in [6.45, 7) is 4.71. The van der Waals surface area contributed by atoms with Crippen LogP contribution >= 0.6 is 12.2 Å². The number of hydrogen-bond donors (Lipinski definition) is 2. The predicted octanol–water partition coefficient (Wildman–Crippen LogP) is 0.930. The highest BCUT2D eigenvalue weighted by atomic mass is 32.1. The highest BCUT2D eigenvalue weighted by Gasteiger charge is 2.27. The molecule has 0 atom stereocenters. The third kappa shape index (κ3) is 3.98. The van der Waals surface area contributed by atoms with Crippen LogP contribution in [0.4, 0.5) is 0 Å². The molecular weight excluding hydrogens is 272 g/mol. The molecule has 0 aromatic carbocycles. The molecule has 2 rings (SSSR count). The van der Waals surface area contributed by atoms with Crippen LogP contribution in [0.15, 0.2) is 18.3 Å². The van der Waals surface area contributed by atoms with E-state index in [1.54, 1.807) is 12.1 Å². The molecule has 1 heterocycles. The summed E-state index contributed by atoms with van der Waals surface area (Å²) in [5, 5.41) is 2.89. The van der Waals surface area contributed by atoms with Crippen LogP contribution in [0.25, 0.3) is 0 Å². The number of nitrogens with one attached hydrogen (secondary N) is 1. The van der Waals surface area contributed by atoms with Crippen molar-refractivity contribution in [3.63, 3.8) is 0 Å². The summed E-state index contributed by atoms with van der Waals surface area (Å²) in [5.41, 5.74) is 6.55. The molecule has 5 nitrogen and oxygen atoms in total. The van der Waals surface area contributed by atoms with Crippen LogP contribution in [-0.2, 0) is 0 Å². The molecule has 0 spiro atoms. The first-order valence-corrected chi connectivity index (χ1v) is 7.30. The Bertz CT molecular complexity index is 484. The van der Waals surface area contributed by atoms with Gasteiger partial charge in [-0.25, -0.2) is 0 Å². The zero-order chi connectivity index (χ0) is 14.5. The topological polar surface area (TPSA) is 71.2 Å². The fourth-order valence-corrected chi connectivity index (χ4v) is 2.24. The van der Waals surface area contributed by atoms with Crippen molar-refractivity contribution in [2.24, 2.45) is 5.73 Å². The van der Waals surface area contributed by atoms with E-state index < -0.39 is 0 Å². The third-order valence-electron chi connectivity index (χ3n) is 3.43. The molecular formula is C14H20N4OS. The van der Waals surface area contributed by atoms with E-state index >= 15 is 0 Å². The monoisotopic (exact) mass is 292 g/mol. The molecule has 3 N–H and O–H groups in total. The van der Waals surface area contributed by atoms with Gasteiger partial charge in [0.15, 0.2) is 0 Å². The van der Waals surface area contributed by atoms with E-state index in [-0.39, 0.29) is 10.9 Å². The minimum atomic E-state index is -0.161. The number of carbonyl (C=O) groups excluding carboxylic acids is 1. The summed E-state index contributed by atoms with van der Waals surface area (Å²) in [7, 11) is 0. The van der Waals surface area contributed by atoms with Crippen LogP contribution in [0, 0.1) is 0 Å². The Kier molecular flexibility index (Phi) is 5.03. The first kappa shape index (κ1) is 14.9. The fourth-order valence-electron chi connectivity index (χ4n) is 2.12. The summed E-state index contributed by atoms with van der Waals surface area (Å²) in [4.78, 5) is 18.7. The van der Waals surface area contributed by atoms with Crippen LogP contribution in [0.3, 0.4) is 0 Å². The lowest BCUT2D eigenvalue weighted by atomic mass is 10.2. The normalized spacial score (nSPS) is 14.3. The van der Waals surface area contributed by atoms with Crippen LogP contribution < -0.4 is 11.1 Å². The first-order chi connectivity index (χ1) is 9.61. The standard InChI is InChI=1S/C14H20N4OS/c1-2-18(11-4-5-11)8-7-16-14(19)12-6-3-10(9-17-12)13(15)20/h3,6,9,11H,2,4-5,7-8H2,1H3,(H2,15,20)(H,16,19). The first-order valence-electron chi connectivity index (χ1n) is 6.90.